The first-order chi connectivity index (χ1) is 40.2. The normalized spacial score (nSPS) is 12.5. The Hall–Kier alpha value is -10.5. The number of nitrogens with zero attached hydrogens (tertiary/aromatic N) is 2. The summed E-state index contributed by atoms with van der Waals surface area (Å²) >= 11 is 0. The molecule has 0 atom stereocenters. The summed E-state index contributed by atoms with van der Waals surface area (Å²) in [6.07, 6.45) is 0. The van der Waals surface area contributed by atoms with Crippen molar-refractivity contribution in [2.45, 2.75) is 5.41 Å². The molecular formula is C79H52N2. The van der Waals surface area contributed by atoms with Crippen molar-refractivity contribution in [3.63, 3.8) is 0 Å². The van der Waals surface area contributed by atoms with Gasteiger partial charge in [-0.3, -0.25) is 0 Å². The van der Waals surface area contributed by atoms with Gasteiger partial charge >= 0.3 is 0 Å². The molecule has 0 fully saturated rings. The van der Waals surface area contributed by atoms with Crippen molar-refractivity contribution in [3.05, 3.63) is 338 Å². The van der Waals surface area contributed by atoms with E-state index in [0.29, 0.717) is 0 Å². The van der Waals surface area contributed by atoms with Crippen LogP contribution in [0, 0.1) is 0 Å². The van der Waals surface area contributed by atoms with E-state index in [-0.39, 0.29) is 0 Å². The molecule has 2 heterocycles. The number of benzene rings is 13. The summed E-state index contributed by atoms with van der Waals surface area (Å²) in [6, 6.07) is 116. The minimum Gasteiger partial charge on any atom is -0.309 e. The Morgan fingerprint density at radius 2 is 0.630 bits per heavy atom. The highest BCUT2D eigenvalue weighted by Gasteiger charge is 2.46. The van der Waals surface area contributed by atoms with Crippen LogP contribution in [0.3, 0.4) is 0 Å². The van der Waals surface area contributed by atoms with E-state index in [1.165, 1.54) is 138 Å². The van der Waals surface area contributed by atoms with Crippen molar-refractivity contribution in [2.75, 3.05) is 0 Å². The van der Waals surface area contributed by atoms with Crippen LogP contribution in [0.4, 0.5) is 0 Å². The van der Waals surface area contributed by atoms with Gasteiger partial charge in [0.05, 0.1) is 33.2 Å². The molecule has 1 aliphatic rings. The lowest BCUT2D eigenvalue weighted by atomic mass is 9.67. The molecule has 0 unspecified atom stereocenters. The second kappa shape index (κ2) is 18.8. The molecule has 2 aromatic heterocycles. The maximum atomic E-state index is 2.44. The minimum atomic E-state index is -0.447. The van der Waals surface area contributed by atoms with Crippen molar-refractivity contribution in [3.8, 4) is 78.1 Å². The van der Waals surface area contributed by atoms with E-state index < -0.39 is 5.41 Å². The van der Waals surface area contributed by atoms with Crippen molar-refractivity contribution >= 4 is 43.6 Å². The number of rotatable bonds is 9. The van der Waals surface area contributed by atoms with E-state index >= 15 is 0 Å². The van der Waals surface area contributed by atoms with Crippen LogP contribution in [0.2, 0.25) is 0 Å². The number of hydrogen-bond donors (Lipinski definition) is 0. The van der Waals surface area contributed by atoms with Gasteiger partial charge in [-0.25, -0.2) is 0 Å². The third kappa shape index (κ3) is 7.34. The molecule has 15 aromatic rings. The molecule has 0 saturated heterocycles. The standard InChI is InChI=1S/C79H52N2/c1-3-21-54(22-4-1)65-31-11-16-38-74(65)81-76-40-18-13-35-69(76)71-52-58(46-48-78(71)81)57-45-47-77-70(51-57)68-34-12-17-39-75(68)80(77)62-28-20-24-59(50-62)64-30-8-7-29-63(64)55-43-41-53(42-44-55)56-23-19-27-61(49-56)79(60-25-5-2-6-26-60)72-36-14-9-32-66(72)67-33-10-15-37-73(67)79/h1-52H. The fraction of sp³-hybridized carbons (Fsp3) is 0.0127. The third-order valence-corrected chi connectivity index (χ3v) is 17.2. The van der Waals surface area contributed by atoms with Gasteiger partial charge in [-0.1, -0.05) is 255 Å². The first-order valence-corrected chi connectivity index (χ1v) is 28.1. The Balaban J connectivity index is 0.747. The van der Waals surface area contributed by atoms with Crippen molar-refractivity contribution in [1.82, 2.24) is 9.13 Å². The number of para-hydroxylation sites is 3. The zero-order valence-corrected chi connectivity index (χ0v) is 44.4. The minimum absolute atomic E-state index is 0.447. The maximum absolute atomic E-state index is 2.44. The lowest BCUT2D eigenvalue weighted by Gasteiger charge is -2.34. The second-order valence-electron chi connectivity index (χ2n) is 21.5. The highest BCUT2D eigenvalue weighted by Crippen LogP contribution is 2.56. The van der Waals surface area contributed by atoms with Crippen molar-refractivity contribution in [2.24, 2.45) is 0 Å². The summed E-state index contributed by atoms with van der Waals surface area (Å²) in [5.41, 5.74) is 26.3. The SMILES string of the molecule is c1ccc(-c2ccccc2-n2c3ccccc3c3cc(-c4ccc5c(c4)c4ccccc4n5-c4cccc(-c5ccccc5-c5ccc(-c6cccc(C7(c8ccccc8)c8ccccc8-c8ccccc87)c6)cc5)c4)ccc32)cc1. The van der Waals surface area contributed by atoms with Gasteiger partial charge in [-0.2, -0.15) is 0 Å². The van der Waals surface area contributed by atoms with Crippen LogP contribution in [0.15, 0.2) is 315 Å². The van der Waals surface area contributed by atoms with Gasteiger partial charge < -0.3 is 9.13 Å². The fourth-order valence-corrected chi connectivity index (χ4v) is 13.7. The fourth-order valence-electron chi connectivity index (χ4n) is 13.7. The third-order valence-electron chi connectivity index (χ3n) is 17.2. The highest BCUT2D eigenvalue weighted by molar-refractivity contribution is 6.13. The molecule has 0 aliphatic heterocycles. The zero-order chi connectivity index (χ0) is 53.4. The van der Waals surface area contributed by atoms with Gasteiger partial charge in [0.15, 0.2) is 0 Å². The molecule has 0 spiro atoms. The Labute approximate surface area is 471 Å². The van der Waals surface area contributed by atoms with Crippen LogP contribution in [-0.2, 0) is 5.41 Å². The average molecular weight is 1030 g/mol. The summed E-state index contributed by atoms with van der Waals surface area (Å²) in [5.74, 6) is 0. The van der Waals surface area contributed by atoms with Gasteiger partial charge in [0.1, 0.15) is 0 Å². The molecule has 0 saturated carbocycles. The Morgan fingerprint density at radius 3 is 1.30 bits per heavy atom. The molecule has 0 N–H and O–H groups in total. The summed E-state index contributed by atoms with van der Waals surface area (Å²) in [7, 11) is 0. The Morgan fingerprint density at radius 1 is 0.210 bits per heavy atom. The summed E-state index contributed by atoms with van der Waals surface area (Å²) in [5, 5.41) is 4.94. The number of fused-ring (bicyclic) bond motifs is 9. The van der Waals surface area contributed by atoms with Gasteiger partial charge in [0, 0.05) is 32.8 Å². The van der Waals surface area contributed by atoms with Gasteiger partial charge in [0.2, 0.25) is 0 Å². The largest absolute Gasteiger partial charge is 0.309 e. The molecule has 1 aliphatic carbocycles. The van der Waals surface area contributed by atoms with Gasteiger partial charge in [0.25, 0.3) is 0 Å². The Bertz CT molecular complexity index is 4880. The van der Waals surface area contributed by atoms with E-state index in [1.807, 2.05) is 0 Å². The van der Waals surface area contributed by atoms with Crippen molar-refractivity contribution in [1.29, 1.82) is 0 Å². The first-order valence-electron chi connectivity index (χ1n) is 28.1. The van der Waals surface area contributed by atoms with Crippen LogP contribution in [0.25, 0.3) is 122 Å². The predicted octanol–water partition coefficient (Wildman–Crippen LogP) is 20.6. The van der Waals surface area contributed by atoms with Crippen LogP contribution in [0.5, 0.6) is 0 Å². The van der Waals surface area contributed by atoms with Gasteiger partial charge in [-0.15, -0.1) is 0 Å². The van der Waals surface area contributed by atoms with Crippen LogP contribution >= 0.6 is 0 Å². The zero-order valence-electron chi connectivity index (χ0n) is 44.4. The molecular weight excluding hydrogens is 977 g/mol. The molecule has 0 bridgehead atoms. The van der Waals surface area contributed by atoms with E-state index in [9.17, 15) is 0 Å². The monoisotopic (exact) mass is 1030 g/mol. The molecule has 378 valence electrons. The smallest absolute Gasteiger partial charge is 0.0713 e. The lowest BCUT2D eigenvalue weighted by molar-refractivity contribution is 0.769. The van der Waals surface area contributed by atoms with E-state index in [4.69, 9.17) is 0 Å². The molecule has 2 nitrogen and oxygen atoms in total. The molecule has 13 aromatic carbocycles. The topological polar surface area (TPSA) is 9.86 Å². The highest BCUT2D eigenvalue weighted by atomic mass is 15.0. The van der Waals surface area contributed by atoms with Crippen LogP contribution in [-0.4, -0.2) is 9.13 Å². The molecule has 81 heavy (non-hydrogen) atoms. The summed E-state index contributed by atoms with van der Waals surface area (Å²) in [4.78, 5) is 0. The number of hydrogen-bond acceptors (Lipinski definition) is 0. The maximum Gasteiger partial charge on any atom is 0.0713 e. The first kappa shape index (κ1) is 46.5. The van der Waals surface area contributed by atoms with E-state index in [1.54, 1.807) is 0 Å². The van der Waals surface area contributed by atoms with E-state index in [0.717, 1.165) is 5.69 Å². The average Bonchev–Trinajstić information content (AvgIpc) is 2.97. The quantitative estimate of drug-likeness (QED) is 0.136. The van der Waals surface area contributed by atoms with Gasteiger partial charge in [-0.05, 0) is 144 Å². The molecule has 2 heteroatoms. The van der Waals surface area contributed by atoms with Crippen LogP contribution in [0.1, 0.15) is 22.3 Å². The second-order valence-corrected chi connectivity index (χ2v) is 21.5. The molecule has 16 rings (SSSR count). The lowest BCUT2D eigenvalue weighted by Crippen LogP contribution is -2.28. The van der Waals surface area contributed by atoms with E-state index in [2.05, 4.69) is 325 Å². The van der Waals surface area contributed by atoms with Crippen LogP contribution < -0.4 is 0 Å². The molecule has 0 amide bonds. The Kier molecular flexibility index (Phi) is 10.8. The predicted molar refractivity (Wildman–Crippen MR) is 340 cm³/mol. The summed E-state index contributed by atoms with van der Waals surface area (Å²) in [6.45, 7) is 0. The van der Waals surface area contributed by atoms with Crippen molar-refractivity contribution < 1.29 is 0 Å². The number of aromatic nitrogens is 2. The molecule has 0 radical (unpaired) electrons. The summed E-state index contributed by atoms with van der Waals surface area (Å²) < 4.78 is 4.88.